The third kappa shape index (κ3) is 4.99. The van der Waals surface area contributed by atoms with E-state index in [-0.39, 0.29) is 24.7 Å². The van der Waals surface area contributed by atoms with Gasteiger partial charge in [-0.25, -0.2) is 9.78 Å². The van der Waals surface area contributed by atoms with Crippen LogP contribution < -0.4 is 0 Å². The Balaban J connectivity index is 1.83. The number of carboxylic acids is 1. The molecule has 0 radical (unpaired) electrons. The van der Waals surface area contributed by atoms with Crippen molar-refractivity contribution in [2.24, 2.45) is 0 Å². The van der Waals surface area contributed by atoms with Crippen molar-refractivity contribution in [1.29, 1.82) is 0 Å². The Bertz CT molecular complexity index is 965. The molecule has 5 nitrogen and oxygen atoms in total. The first-order chi connectivity index (χ1) is 13.2. The maximum atomic E-state index is 13.0. The van der Waals surface area contributed by atoms with Gasteiger partial charge in [0.1, 0.15) is 6.26 Å². The van der Waals surface area contributed by atoms with Crippen LogP contribution in [0.3, 0.4) is 0 Å². The molecule has 9 heteroatoms. The van der Waals surface area contributed by atoms with Crippen molar-refractivity contribution in [2.45, 2.75) is 32.7 Å². The zero-order valence-corrected chi connectivity index (χ0v) is 15.7. The first-order valence-corrected chi connectivity index (χ1v) is 9.19. The fourth-order valence-corrected chi connectivity index (χ4v) is 3.66. The van der Waals surface area contributed by atoms with Gasteiger partial charge in [0.05, 0.1) is 12.1 Å². The van der Waals surface area contributed by atoms with Gasteiger partial charge in [-0.15, -0.1) is 11.3 Å². The third-order valence-electron chi connectivity index (χ3n) is 4.13. The Labute approximate surface area is 163 Å². The van der Waals surface area contributed by atoms with Crippen molar-refractivity contribution in [3.05, 3.63) is 75.1 Å². The molecule has 148 valence electrons. The molecule has 0 spiro atoms. The average Bonchev–Trinajstić information content (AvgIpc) is 3.24. The monoisotopic (exact) mass is 410 g/mol. The van der Waals surface area contributed by atoms with Gasteiger partial charge in [-0.1, -0.05) is 18.2 Å². The summed E-state index contributed by atoms with van der Waals surface area (Å²) in [6.45, 7) is 2.83. The Kier molecular flexibility index (Phi) is 5.85. The second-order valence-electron chi connectivity index (χ2n) is 6.30. The lowest BCUT2D eigenvalue weighted by Crippen LogP contribution is -2.23. The second kappa shape index (κ2) is 8.15. The molecule has 3 rings (SSSR count). The molecule has 3 aromatic rings. The predicted molar refractivity (Wildman–Crippen MR) is 96.9 cm³/mol. The summed E-state index contributed by atoms with van der Waals surface area (Å²) in [6, 6.07) is 7.12. The maximum Gasteiger partial charge on any atom is 0.416 e. The number of oxazole rings is 1. The number of hydrogen-bond donors (Lipinski definition) is 1. The van der Waals surface area contributed by atoms with Gasteiger partial charge in [0.25, 0.3) is 0 Å². The van der Waals surface area contributed by atoms with Gasteiger partial charge >= 0.3 is 12.1 Å². The molecule has 0 atom stereocenters. The molecule has 2 heterocycles. The molecule has 0 saturated carbocycles. The highest BCUT2D eigenvalue weighted by Gasteiger charge is 2.30. The molecule has 0 bridgehead atoms. The molecule has 28 heavy (non-hydrogen) atoms. The second-order valence-corrected chi connectivity index (χ2v) is 7.30. The van der Waals surface area contributed by atoms with Crippen LogP contribution in [0, 0.1) is 6.92 Å². The molecule has 0 amide bonds. The van der Waals surface area contributed by atoms with Gasteiger partial charge in [0, 0.05) is 18.0 Å². The van der Waals surface area contributed by atoms with Gasteiger partial charge < -0.3 is 9.52 Å². The van der Waals surface area contributed by atoms with E-state index in [1.807, 2.05) is 23.3 Å². The zero-order valence-electron chi connectivity index (χ0n) is 14.9. The van der Waals surface area contributed by atoms with Gasteiger partial charge in [0.15, 0.2) is 5.69 Å². The highest BCUT2D eigenvalue weighted by molar-refractivity contribution is 7.10. The summed E-state index contributed by atoms with van der Waals surface area (Å²) in [5.41, 5.74) is 0.662. The van der Waals surface area contributed by atoms with Crippen LogP contribution >= 0.6 is 11.3 Å². The highest BCUT2D eigenvalue weighted by atomic mass is 32.1. The van der Waals surface area contributed by atoms with E-state index in [0.717, 1.165) is 28.8 Å². The topological polar surface area (TPSA) is 66.6 Å². The SMILES string of the molecule is Cc1ccsc1CN(Cc1cccc(C(F)(F)F)c1)Cc1nc(C(=O)O)co1. The summed E-state index contributed by atoms with van der Waals surface area (Å²) in [5, 5.41) is 10.9. The molecule has 1 N–H and O–H groups in total. The van der Waals surface area contributed by atoms with Crippen LogP contribution in [-0.4, -0.2) is 21.0 Å². The molecule has 0 aliphatic carbocycles. The number of nitrogens with zero attached hydrogens (tertiary/aromatic N) is 2. The minimum absolute atomic E-state index is 0.168. The van der Waals surface area contributed by atoms with E-state index in [1.165, 1.54) is 6.07 Å². The third-order valence-corrected chi connectivity index (χ3v) is 5.13. The van der Waals surface area contributed by atoms with E-state index in [2.05, 4.69) is 4.98 Å². The molecule has 0 aliphatic heterocycles. The Morgan fingerprint density at radius 2 is 2.04 bits per heavy atom. The standard InChI is InChI=1S/C19H17F3N2O3S/c1-12-5-6-28-16(12)9-24(10-17-23-15(11-27-17)18(25)26)8-13-3-2-4-14(7-13)19(20,21)22/h2-7,11H,8-10H2,1H3,(H,25,26). The van der Waals surface area contributed by atoms with Crippen molar-refractivity contribution in [2.75, 3.05) is 0 Å². The number of hydrogen-bond acceptors (Lipinski definition) is 5. The number of benzene rings is 1. The number of aromatic nitrogens is 1. The van der Waals surface area contributed by atoms with Crippen molar-refractivity contribution < 1.29 is 27.5 Å². The molecule has 2 aromatic heterocycles. The lowest BCUT2D eigenvalue weighted by atomic mass is 10.1. The molecular formula is C19H17F3N2O3S. The fourth-order valence-electron chi connectivity index (χ4n) is 2.71. The number of thiophene rings is 1. The summed E-state index contributed by atoms with van der Waals surface area (Å²) in [5.74, 6) is -1.01. The van der Waals surface area contributed by atoms with Crippen LogP contribution in [0.4, 0.5) is 13.2 Å². The number of carboxylic acid groups (broad SMARTS) is 1. The predicted octanol–water partition coefficient (Wildman–Crippen LogP) is 4.96. The molecule has 0 fully saturated rings. The van der Waals surface area contributed by atoms with E-state index >= 15 is 0 Å². The van der Waals surface area contributed by atoms with Crippen LogP contribution in [0.5, 0.6) is 0 Å². The summed E-state index contributed by atoms with van der Waals surface area (Å²) >= 11 is 1.55. The fraction of sp³-hybridized carbons (Fsp3) is 0.263. The lowest BCUT2D eigenvalue weighted by molar-refractivity contribution is -0.137. The quantitative estimate of drug-likeness (QED) is 0.596. The van der Waals surface area contributed by atoms with Gasteiger partial charge in [0.2, 0.25) is 5.89 Å². The zero-order chi connectivity index (χ0) is 20.3. The largest absolute Gasteiger partial charge is 0.476 e. The van der Waals surface area contributed by atoms with E-state index in [4.69, 9.17) is 9.52 Å². The van der Waals surface area contributed by atoms with Crippen molar-refractivity contribution in [1.82, 2.24) is 9.88 Å². The van der Waals surface area contributed by atoms with Crippen LogP contribution in [0.2, 0.25) is 0 Å². The normalized spacial score (nSPS) is 11.9. The van der Waals surface area contributed by atoms with Crippen LogP contribution in [0.1, 0.15) is 37.9 Å². The maximum absolute atomic E-state index is 13.0. The van der Waals surface area contributed by atoms with Crippen LogP contribution in [0.25, 0.3) is 0 Å². The summed E-state index contributed by atoms with van der Waals surface area (Å²) in [6.07, 6.45) is -3.36. The summed E-state index contributed by atoms with van der Waals surface area (Å²) in [7, 11) is 0. The molecule has 0 unspecified atom stereocenters. The van der Waals surface area contributed by atoms with Crippen molar-refractivity contribution >= 4 is 17.3 Å². The Hall–Kier alpha value is -2.65. The van der Waals surface area contributed by atoms with Gasteiger partial charge in [-0.05, 0) is 35.6 Å². The molecule has 0 aliphatic rings. The smallest absolute Gasteiger partial charge is 0.416 e. The van der Waals surface area contributed by atoms with E-state index in [0.29, 0.717) is 12.1 Å². The number of halogens is 3. The average molecular weight is 410 g/mol. The first-order valence-electron chi connectivity index (χ1n) is 8.31. The van der Waals surface area contributed by atoms with Crippen LogP contribution in [0.15, 0.2) is 46.4 Å². The minimum Gasteiger partial charge on any atom is -0.476 e. The molecular weight excluding hydrogens is 393 g/mol. The van der Waals surface area contributed by atoms with Gasteiger partial charge in [-0.3, -0.25) is 4.90 Å². The Morgan fingerprint density at radius 1 is 1.25 bits per heavy atom. The Morgan fingerprint density at radius 3 is 2.64 bits per heavy atom. The van der Waals surface area contributed by atoms with Gasteiger partial charge in [-0.2, -0.15) is 13.2 Å². The van der Waals surface area contributed by atoms with E-state index in [9.17, 15) is 18.0 Å². The molecule has 1 aromatic carbocycles. The lowest BCUT2D eigenvalue weighted by Gasteiger charge is -2.21. The van der Waals surface area contributed by atoms with Crippen molar-refractivity contribution in [3.63, 3.8) is 0 Å². The number of carbonyl (C=O) groups is 1. The van der Waals surface area contributed by atoms with E-state index < -0.39 is 17.7 Å². The number of alkyl halides is 3. The summed E-state index contributed by atoms with van der Waals surface area (Å²) in [4.78, 5) is 17.8. The minimum atomic E-state index is -4.41. The molecule has 0 saturated heterocycles. The number of rotatable bonds is 7. The number of aromatic carboxylic acids is 1. The first kappa shape index (κ1) is 20.1. The van der Waals surface area contributed by atoms with Crippen molar-refractivity contribution in [3.8, 4) is 0 Å². The van der Waals surface area contributed by atoms with Crippen LogP contribution in [-0.2, 0) is 25.8 Å². The summed E-state index contributed by atoms with van der Waals surface area (Å²) < 4.78 is 44.2. The number of aryl methyl sites for hydroxylation is 1. The van der Waals surface area contributed by atoms with E-state index in [1.54, 1.807) is 17.4 Å². The highest BCUT2D eigenvalue weighted by Crippen LogP contribution is 2.30.